The number of nitrogens with zero attached hydrogens (tertiary/aromatic N) is 1. The Kier molecular flexibility index (Phi) is 6.45. The Morgan fingerprint density at radius 3 is 2.74 bits per heavy atom. The van der Waals surface area contributed by atoms with Crippen LogP contribution in [0.5, 0.6) is 0 Å². The lowest BCUT2D eigenvalue weighted by Gasteiger charge is -2.33. The third-order valence-corrected chi connectivity index (χ3v) is 5.34. The molecule has 3 N–H and O–H groups in total. The lowest BCUT2D eigenvalue weighted by Crippen LogP contribution is -2.46. The molecule has 2 atom stereocenters. The van der Waals surface area contributed by atoms with Crippen LogP contribution in [0.2, 0.25) is 0 Å². The summed E-state index contributed by atoms with van der Waals surface area (Å²) in [6, 6.07) is 14.1. The summed E-state index contributed by atoms with van der Waals surface area (Å²) in [6.07, 6.45) is 3.08. The van der Waals surface area contributed by atoms with Crippen LogP contribution in [0.25, 0.3) is 10.8 Å². The van der Waals surface area contributed by atoms with E-state index in [1.54, 1.807) is 0 Å². The minimum Gasteiger partial charge on any atom is -0.348 e. The van der Waals surface area contributed by atoms with E-state index in [2.05, 4.69) is 29.6 Å². The normalized spacial score (nSPS) is 18.3. The number of hydrogen-bond donors (Lipinski definition) is 2. The van der Waals surface area contributed by atoms with Crippen LogP contribution in [-0.2, 0) is 9.59 Å². The van der Waals surface area contributed by atoms with Crippen molar-refractivity contribution in [2.45, 2.75) is 38.6 Å². The average Bonchev–Trinajstić information content (AvgIpc) is 2.71. The molecule has 0 bridgehead atoms. The van der Waals surface area contributed by atoms with Crippen LogP contribution in [0.15, 0.2) is 42.5 Å². The van der Waals surface area contributed by atoms with Gasteiger partial charge in [-0.3, -0.25) is 9.59 Å². The van der Waals surface area contributed by atoms with Crippen LogP contribution in [0.4, 0.5) is 0 Å². The number of benzene rings is 2. The van der Waals surface area contributed by atoms with Crippen molar-refractivity contribution in [3.63, 3.8) is 0 Å². The maximum absolute atomic E-state index is 12.8. The molecular weight excluding hydrogens is 338 g/mol. The second-order valence-electron chi connectivity index (χ2n) is 7.33. The van der Waals surface area contributed by atoms with E-state index in [4.69, 9.17) is 5.73 Å². The van der Waals surface area contributed by atoms with Gasteiger partial charge in [0.05, 0.1) is 12.0 Å². The zero-order valence-corrected chi connectivity index (χ0v) is 16.0. The summed E-state index contributed by atoms with van der Waals surface area (Å²) < 4.78 is 0. The molecule has 27 heavy (non-hydrogen) atoms. The summed E-state index contributed by atoms with van der Waals surface area (Å²) >= 11 is 0. The third-order valence-electron chi connectivity index (χ3n) is 5.34. The van der Waals surface area contributed by atoms with E-state index in [1.807, 2.05) is 30.0 Å². The molecule has 2 aromatic rings. The minimum atomic E-state index is -0.219. The predicted molar refractivity (Wildman–Crippen MR) is 108 cm³/mol. The van der Waals surface area contributed by atoms with Crippen molar-refractivity contribution in [2.24, 2.45) is 11.7 Å². The van der Waals surface area contributed by atoms with Crippen molar-refractivity contribution in [2.75, 3.05) is 19.6 Å². The number of rotatable bonds is 6. The van der Waals surface area contributed by atoms with Crippen LogP contribution in [0.3, 0.4) is 0 Å². The topological polar surface area (TPSA) is 75.4 Å². The predicted octanol–water partition coefficient (Wildman–Crippen LogP) is 2.99. The highest BCUT2D eigenvalue weighted by Gasteiger charge is 2.29. The highest BCUT2D eigenvalue weighted by Crippen LogP contribution is 2.22. The first-order valence-electron chi connectivity index (χ1n) is 9.89. The number of fused-ring (bicyclic) bond motifs is 1. The van der Waals surface area contributed by atoms with Gasteiger partial charge in [-0.2, -0.15) is 0 Å². The van der Waals surface area contributed by atoms with E-state index < -0.39 is 0 Å². The Balaban J connectivity index is 1.67. The molecular formula is C22H29N3O2. The standard InChI is InChI=1S/C22H29N3O2/c1-2-6-21(26)25-12-5-9-19(15-25)22(27)24-20(14-23)18-11-10-16-7-3-4-8-17(16)13-18/h3-4,7-8,10-11,13,19-20H,2,5-6,9,12,14-15,23H2,1H3,(H,24,27). The number of amides is 2. The Labute approximate surface area is 160 Å². The summed E-state index contributed by atoms with van der Waals surface area (Å²) in [4.78, 5) is 26.8. The molecule has 3 rings (SSSR count). The molecule has 2 aromatic carbocycles. The molecule has 144 valence electrons. The second-order valence-corrected chi connectivity index (χ2v) is 7.33. The van der Waals surface area contributed by atoms with E-state index in [0.717, 1.165) is 36.8 Å². The van der Waals surface area contributed by atoms with Gasteiger partial charge < -0.3 is 16.0 Å². The van der Waals surface area contributed by atoms with Gasteiger partial charge in [-0.15, -0.1) is 0 Å². The first-order chi connectivity index (χ1) is 13.1. The van der Waals surface area contributed by atoms with E-state index in [9.17, 15) is 9.59 Å². The smallest absolute Gasteiger partial charge is 0.225 e. The molecule has 5 heteroatoms. The number of nitrogens with one attached hydrogen (secondary N) is 1. The first-order valence-corrected chi connectivity index (χ1v) is 9.89. The summed E-state index contributed by atoms with van der Waals surface area (Å²) in [5.41, 5.74) is 6.98. The van der Waals surface area contributed by atoms with Gasteiger partial charge in [-0.05, 0) is 41.7 Å². The number of hydrogen-bond acceptors (Lipinski definition) is 3. The SMILES string of the molecule is CCCC(=O)N1CCCC(C(=O)NC(CN)c2ccc3ccccc3c2)C1. The quantitative estimate of drug-likeness (QED) is 0.824. The lowest BCUT2D eigenvalue weighted by molar-refractivity contribution is -0.135. The van der Waals surface area contributed by atoms with Gasteiger partial charge >= 0.3 is 0 Å². The molecule has 0 spiro atoms. The maximum Gasteiger partial charge on any atom is 0.225 e. The van der Waals surface area contributed by atoms with Crippen LogP contribution in [-0.4, -0.2) is 36.3 Å². The number of carbonyl (C=O) groups is 2. The average molecular weight is 367 g/mol. The molecule has 1 heterocycles. The molecule has 1 fully saturated rings. The number of likely N-dealkylation sites (tertiary alicyclic amines) is 1. The van der Waals surface area contributed by atoms with Crippen LogP contribution < -0.4 is 11.1 Å². The van der Waals surface area contributed by atoms with Gasteiger partial charge in [0, 0.05) is 26.1 Å². The van der Waals surface area contributed by atoms with Crippen LogP contribution in [0.1, 0.15) is 44.2 Å². The Morgan fingerprint density at radius 2 is 2.00 bits per heavy atom. The number of carbonyl (C=O) groups excluding carboxylic acids is 2. The van der Waals surface area contributed by atoms with Gasteiger partial charge in [-0.25, -0.2) is 0 Å². The Bertz CT molecular complexity index is 805. The summed E-state index contributed by atoms with van der Waals surface area (Å²) in [5, 5.41) is 5.41. The molecule has 1 saturated heterocycles. The minimum absolute atomic E-state index is 0.00685. The summed E-state index contributed by atoms with van der Waals surface area (Å²) in [7, 11) is 0. The molecule has 0 radical (unpaired) electrons. The zero-order valence-electron chi connectivity index (χ0n) is 16.0. The monoisotopic (exact) mass is 367 g/mol. The zero-order chi connectivity index (χ0) is 19.2. The van der Waals surface area contributed by atoms with E-state index in [1.165, 1.54) is 5.39 Å². The molecule has 2 amide bonds. The molecule has 0 aromatic heterocycles. The lowest BCUT2D eigenvalue weighted by atomic mass is 9.95. The third kappa shape index (κ3) is 4.66. The summed E-state index contributed by atoms with van der Waals surface area (Å²) in [5.74, 6) is -0.0124. The fourth-order valence-corrected chi connectivity index (χ4v) is 3.78. The summed E-state index contributed by atoms with van der Waals surface area (Å²) in [6.45, 7) is 3.62. The van der Waals surface area contributed by atoms with E-state index in [0.29, 0.717) is 19.5 Å². The van der Waals surface area contributed by atoms with Crippen molar-refractivity contribution in [3.8, 4) is 0 Å². The van der Waals surface area contributed by atoms with Crippen molar-refractivity contribution >= 4 is 22.6 Å². The molecule has 0 saturated carbocycles. The second kappa shape index (κ2) is 9.00. The van der Waals surface area contributed by atoms with Gasteiger partial charge in [0.15, 0.2) is 0 Å². The Hall–Kier alpha value is -2.40. The largest absolute Gasteiger partial charge is 0.348 e. The van der Waals surface area contributed by atoms with Crippen molar-refractivity contribution in [1.82, 2.24) is 10.2 Å². The Morgan fingerprint density at radius 1 is 1.22 bits per heavy atom. The molecule has 1 aliphatic rings. The van der Waals surface area contributed by atoms with Gasteiger partial charge in [0.1, 0.15) is 0 Å². The van der Waals surface area contributed by atoms with Crippen LogP contribution in [0, 0.1) is 5.92 Å². The molecule has 1 aliphatic heterocycles. The van der Waals surface area contributed by atoms with E-state index >= 15 is 0 Å². The maximum atomic E-state index is 12.8. The van der Waals surface area contributed by atoms with Crippen molar-refractivity contribution in [1.29, 1.82) is 0 Å². The molecule has 0 aliphatic carbocycles. The fourth-order valence-electron chi connectivity index (χ4n) is 3.78. The number of piperidine rings is 1. The molecule has 2 unspecified atom stereocenters. The van der Waals surface area contributed by atoms with Crippen LogP contribution >= 0.6 is 0 Å². The number of nitrogens with two attached hydrogens (primary N) is 1. The molecule has 5 nitrogen and oxygen atoms in total. The van der Waals surface area contributed by atoms with Gasteiger partial charge in [-0.1, -0.05) is 43.3 Å². The van der Waals surface area contributed by atoms with Crippen molar-refractivity contribution in [3.05, 3.63) is 48.0 Å². The van der Waals surface area contributed by atoms with E-state index in [-0.39, 0.29) is 23.8 Å². The van der Waals surface area contributed by atoms with Gasteiger partial charge in [0.25, 0.3) is 0 Å². The highest BCUT2D eigenvalue weighted by atomic mass is 16.2. The van der Waals surface area contributed by atoms with Gasteiger partial charge in [0.2, 0.25) is 11.8 Å². The highest BCUT2D eigenvalue weighted by molar-refractivity contribution is 5.84. The fraction of sp³-hybridized carbons (Fsp3) is 0.455. The first kappa shape index (κ1) is 19.4. The van der Waals surface area contributed by atoms with Crippen molar-refractivity contribution < 1.29 is 9.59 Å².